The van der Waals surface area contributed by atoms with Crippen LogP contribution >= 0.6 is 11.8 Å². The highest BCUT2D eigenvalue weighted by molar-refractivity contribution is 8.00. The van der Waals surface area contributed by atoms with Crippen molar-refractivity contribution in [1.29, 1.82) is 0 Å². The second-order valence-electron chi connectivity index (χ2n) is 9.64. The molecule has 4 amide bonds. The molecule has 0 radical (unpaired) electrons. The first kappa shape index (κ1) is 31.6. The van der Waals surface area contributed by atoms with Crippen LogP contribution in [0.15, 0.2) is 114 Å². The molecule has 9 nitrogen and oxygen atoms in total. The van der Waals surface area contributed by atoms with Gasteiger partial charge in [-0.25, -0.2) is 0 Å². The van der Waals surface area contributed by atoms with Crippen LogP contribution in [0.1, 0.15) is 29.8 Å². The van der Waals surface area contributed by atoms with Gasteiger partial charge in [0.05, 0.1) is 12.4 Å². The van der Waals surface area contributed by atoms with E-state index in [1.807, 2.05) is 18.2 Å². The minimum atomic E-state index is -0.497. The summed E-state index contributed by atoms with van der Waals surface area (Å²) in [5.74, 6) is -0.589. The molecule has 0 bridgehead atoms. The number of rotatable bonds is 11. The molecule has 1 unspecified atom stereocenters. The molecule has 4 N–H and O–H groups in total. The highest BCUT2D eigenvalue weighted by Crippen LogP contribution is 2.26. The van der Waals surface area contributed by atoms with Crippen LogP contribution in [0.25, 0.3) is 6.08 Å². The maximum Gasteiger partial charge on any atom is 0.272 e. The van der Waals surface area contributed by atoms with E-state index in [0.29, 0.717) is 33.9 Å². The quantitative estimate of drug-likeness (QED) is 0.119. The van der Waals surface area contributed by atoms with E-state index in [9.17, 15) is 19.2 Å². The largest absolute Gasteiger partial charge is 0.497 e. The van der Waals surface area contributed by atoms with Gasteiger partial charge < -0.3 is 26.0 Å². The maximum absolute atomic E-state index is 13.3. The molecule has 0 heterocycles. The molecule has 0 fully saturated rings. The maximum atomic E-state index is 13.3. The van der Waals surface area contributed by atoms with E-state index in [4.69, 9.17) is 4.74 Å². The van der Waals surface area contributed by atoms with E-state index >= 15 is 0 Å². The van der Waals surface area contributed by atoms with Crippen LogP contribution in [0.4, 0.5) is 17.1 Å². The Hall–Kier alpha value is -5.35. The fraction of sp³-hybridized carbons (Fsp3) is 0.118. The van der Waals surface area contributed by atoms with Crippen LogP contribution in [-0.2, 0) is 14.4 Å². The number of thioether (sulfide) groups is 1. The molecule has 0 spiro atoms. The van der Waals surface area contributed by atoms with Gasteiger partial charge in [0, 0.05) is 34.4 Å². The molecule has 1 atom stereocenters. The number of carbonyl (C=O) groups excluding carboxylic acids is 4. The van der Waals surface area contributed by atoms with E-state index in [-0.39, 0.29) is 17.5 Å². The van der Waals surface area contributed by atoms with E-state index in [0.717, 1.165) is 4.90 Å². The lowest BCUT2D eigenvalue weighted by atomic mass is 10.1. The minimum absolute atomic E-state index is 0.0675. The van der Waals surface area contributed by atoms with Gasteiger partial charge in [0.25, 0.3) is 11.8 Å². The third-order valence-electron chi connectivity index (χ3n) is 6.22. The number of amides is 4. The van der Waals surface area contributed by atoms with Gasteiger partial charge in [-0.1, -0.05) is 30.3 Å². The van der Waals surface area contributed by atoms with Gasteiger partial charge in [-0.2, -0.15) is 0 Å². The zero-order chi connectivity index (χ0) is 31.5. The number of anilines is 3. The third kappa shape index (κ3) is 9.33. The SMILES string of the molecule is COc1ccc(/C=C(\NC(=O)c2ccccc2)C(=O)Nc2ccc(SC(C)C(=O)Nc3ccc(NC(C)=O)cc3)cc2)cc1. The van der Waals surface area contributed by atoms with Gasteiger partial charge in [0.2, 0.25) is 11.8 Å². The molecule has 4 rings (SSSR count). The van der Waals surface area contributed by atoms with Crippen LogP contribution < -0.4 is 26.0 Å². The summed E-state index contributed by atoms with van der Waals surface area (Å²) in [5.41, 5.74) is 2.97. The van der Waals surface area contributed by atoms with E-state index in [2.05, 4.69) is 21.3 Å². The summed E-state index contributed by atoms with van der Waals surface area (Å²) in [6.45, 7) is 3.23. The van der Waals surface area contributed by atoms with Gasteiger partial charge in [0.1, 0.15) is 11.4 Å². The molecule has 10 heteroatoms. The molecule has 4 aromatic carbocycles. The number of carbonyl (C=O) groups is 4. The summed E-state index contributed by atoms with van der Waals surface area (Å²) in [4.78, 5) is 50.9. The number of hydrogen-bond acceptors (Lipinski definition) is 6. The first-order valence-electron chi connectivity index (χ1n) is 13.7. The summed E-state index contributed by atoms with van der Waals surface area (Å²) >= 11 is 1.37. The lowest BCUT2D eigenvalue weighted by molar-refractivity contribution is -0.115. The first-order chi connectivity index (χ1) is 21.2. The van der Waals surface area contributed by atoms with Crippen molar-refractivity contribution in [2.75, 3.05) is 23.1 Å². The Labute approximate surface area is 260 Å². The molecule has 0 aliphatic heterocycles. The minimum Gasteiger partial charge on any atom is -0.497 e. The summed E-state index contributed by atoms with van der Waals surface area (Å²) in [6, 6.07) is 29.7. The van der Waals surface area contributed by atoms with Crippen molar-refractivity contribution in [2.24, 2.45) is 0 Å². The highest BCUT2D eigenvalue weighted by Gasteiger charge is 2.17. The summed E-state index contributed by atoms with van der Waals surface area (Å²) in [5, 5.41) is 10.7. The number of methoxy groups -OCH3 is 1. The van der Waals surface area contributed by atoms with Gasteiger partial charge in [-0.3, -0.25) is 19.2 Å². The fourth-order valence-electron chi connectivity index (χ4n) is 3.97. The van der Waals surface area contributed by atoms with E-state index in [1.54, 1.807) is 105 Å². The molecular weight excluding hydrogens is 576 g/mol. The number of hydrogen-bond donors (Lipinski definition) is 4. The van der Waals surface area contributed by atoms with Crippen molar-refractivity contribution in [2.45, 2.75) is 24.0 Å². The van der Waals surface area contributed by atoms with Crippen LogP contribution in [0.5, 0.6) is 5.75 Å². The zero-order valence-electron chi connectivity index (χ0n) is 24.4. The topological polar surface area (TPSA) is 126 Å². The lowest BCUT2D eigenvalue weighted by Gasteiger charge is -2.14. The molecule has 4 aromatic rings. The van der Waals surface area contributed by atoms with Crippen molar-refractivity contribution in [3.63, 3.8) is 0 Å². The Balaban J connectivity index is 1.40. The van der Waals surface area contributed by atoms with E-state index < -0.39 is 17.1 Å². The van der Waals surface area contributed by atoms with Crippen molar-refractivity contribution >= 4 is 58.5 Å². The van der Waals surface area contributed by atoms with Crippen LogP contribution in [0.3, 0.4) is 0 Å². The fourth-order valence-corrected chi connectivity index (χ4v) is 4.83. The number of benzene rings is 4. The Bertz CT molecular complexity index is 1640. The smallest absolute Gasteiger partial charge is 0.272 e. The van der Waals surface area contributed by atoms with Gasteiger partial charge >= 0.3 is 0 Å². The van der Waals surface area contributed by atoms with Crippen LogP contribution in [-0.4, -0.2) is 36.0 Å². The van der Waals surface area contributed by atoms with Gasteiger partial charge in [0.15, 0.2) is 0 Å². The standard InChI is InChI=1S/C34H32N4O5S/c1-22(32(40)36-27-13-11-26(12-14-27)35-23(2)39)44-30-19-15-28(16-20-30)37-34(42)31(21-24-9-17-29(43-3)18-10-24)38-33(41)25-7-5-4-6-8-25/h4-22H,1-3H3,(H,35,39)(H,36,40)(H,37,42)(H,38,41)/b31-21-. The Morgan fingerprint density at radius 3 is 1.89 bits per heavy atom. The summed E-state index contributed by atoms with van der Waals surface area (Å²) in [6.07, 6.45) is 1.59. The predicted molar refractivity (Wildman–Crippen MR) is 175 cm³/mol. The number of nitrogens with one attached hydrogen (secondary N) is 4. The van der Waals surface area contributed by atoms with Crippen molar-refractivity contribution in [1.82, 2.24) is 5.32 Å². The average Bonchev–Trinajstić information content (AvgIpc) is 3.03. The van der Waals surface area contributed by atoms with E-state index in [1.165, 1.54) is 18.7 Å². The van der Waals surface area contributed by atoms with Gasteiger partial charge in [-0.05, 0) is 91.4 Å². The summed E-state index contributed by atoms with van der Waals surface area (Å²) < 4.78 is 5.21. The molecule has 224 valence electrons. The normalized spacial score (nSPS) is 11.6. The molecule has 0 aliphatic carbocycles. The van der Waals surface area contributed by atoms with Crippen molar-refractivity contribution < 1.29 is 23.9 Å². The molecule has 44 heavy (non-hydrogen) atoms. The van der Waals surface area contributed by atoms with Crippen molar-refractivity contribution in [3.05, 3.63) is 120 Å². The Kier molecular flexibility index (Phi) is 10.9. The Morgan fingerprint density at radius 1 is 0.727 bits per heavy atom. The highest BCUT2D eigenvalue weighted by atomic mass is 32.2. The second kappa shape index (κ2) is 15.2. The third-order valence-corrected chi connectivity index (χ3v) is 7.33. The molecule has 0 saturated carbocycles. The Morgan fingerprint density at radius 2 is 1.30 bits per heavy atom. The summed E-state index contributed by atoms with van der Waals surface area (Å²) in [7, 11) is 1.57. The molecule has 0 aromatic heterocycles. The predicted octanol–water partition coefficient (Wildman–Crippen LogP) is 6.18. The van der Waals surface area contributed by atoms with Crippen molar-refractivity contribution in [3.8, 4) is 5.75 Å². The lowest BCUT2D eigenvalue weighted by Crippen LogP contribution is -2.30. The second-order valence-corrected chi connectivity index (χ2v) is 11.1. The molecule has 0 aliphatic rings. The zero-order valence-corrected chi connectivity index (χ0v) is 25.2. The monoisotopic (exact) mass is 608 g/mol. The van der Waals surface area contributed by atoms with Crippen LogP contribution in [0, 0.1) is 0 Å². The number of ether oxygens (including phenoxy) is 1. The first-order valence-corrected chi connectivity index (χ1v) is 14.6. The molecular formula is C34H32N4O5S. The average molecular weight is 609 g/mol. The van der Waals surface area contributed by atoms with Gasteiger partial charge in [-0.15, -0.1) is 11.8 Å². The molecule has 0 saturated heterocycles. The van der Waals surface area contributed by atoms with Crippen LogP contribution in [0.2, 0.25) is 0 Å².